The molecule has 0 bridgehead atoms. The van der Waals surface area contributed by atoms with Gasteiger partial charge in [0.1, 0.15) is 0 Å². The largest absolute Gasteiger partial charge is 0.115 e. The first-order valence-electron chi connectivity index (χ1n) is 3.48. The maximum atomic E-state index is 5.21. The van der Waals surface area contributed by atoms with Gasteiger partial charge in [-0.1, -0.05) is 34.0 Å². The van der Waals surface area contributed by atoms with Gasteiger partial charge in [-0.2, -0.15) is 0 Å². The van der Waals surface area contributed by atoms with Crippen molar-refractivity contribution in [3.8, 4) is 12.3 Å². The van der Waals surface area contributed by atoms with Crippen LogP contribution in [-0.2, 0) is 6.42 Å². The van der Waals surface area contributed by atoms with E-state index in [0.29, 0.717) is 0 Å². The van der Waals surface area contributed by atoms with Crippen LogP contribution >= 0.6 is 15.9 Å². The fraction of sp³-hybridized carbons (Fsp3) is 0.200. The van der Waals surface area contributed by atoms with Crippen LogP contribution in [0, 0.1) is 12.3 Å². The Kier molecular flexibility index (Phi) is 3.19. The molecule has 11 heavy (non-hydrogen) atoms. The molecule has 1 aromatic carbocycles. The highest BCUT2D eigenvalue weighted by molar-refractivity contribution is 9.09. The van der Waals surface area contributed by atoms with Crippen molar-refractivity contribution in [2.45, 2.75) is 6.42 Å². The summed E-state index contributed by atoms with van der Waals surface area (Å²) >= 11 is 3.38. The van der Waals surface area contributed by atoms with E-state index in [1.54, 1.807) is 0 Å². The summed E-state index contributed by atoms with van der Waals surface area (Å²) in [5, 5.41) is 1.00. The maximum Gasteiger partial charge on any atom is 0.0242 e. The molecule has 0 saturated heterocycles. The van der Waals surface area contributed by atoms with E-state index >= 15 is 0 Å². The summed E-state index contributed by atoms with van der Waals surface area (Å²) in [7, 11) is 0. The van der Waals surface area contributed by atoms with Crippen molar-refractivity contribution in [3.63, 3.8) is 0 Å². The molecular weight excluding hydrogens is 200 g/mol. The first kappa shape index (κ1) is 8.36. The quantitative estimate of drug-likeness (QED) is 0.518. The molecule has 0 nitrogen and oxygen atoms in total. The van der Waals surface area contributed by atoms with Gasteiger partial charge in [0.05, 0.1) is 0 Å². The summed E-state index contributed by atoms with van der Waals surface area (Å²) in [6.45, 7) is 0. The van der Waals surface area contributed by atoms with Gasteiger partial charge in [-0.3, -0.25) is 0 Å². The second-order valence-corrected chi connectivity index (χ2v) is 3.07. The fourth-order valence-electron chi connectivity index (χ4n) is 0.877. The summed E-state index contributed by atoms with van der Waals surface area (Å²) in [5.41, 5.74) is 2.27. The van der Waals surface area contributed by atoms with E-state index in [1.165, 1.54) is 5.56 Å². The Morgan fingerprint density at radius 3 is 2.36 bits per heavy atom. The van der Waals surface area contributed by atoms with Gasteiger partial charge < -0.3 is 0 Å². The minimum absolute atomic E-state index is 0.948. The molecule has 0 fully saturated rings. The Bertz CT molecular complexity index is 253. The Labute approximate surface area is 75.8 Å². The van der Waals surface area contributed by atoms with Crippen LogP contribution in [0.2, 0.25) is 0 Å². The van der Waals surface area contributed by atoms with E-state index in [9.17, 15) is 0 Å². The van der Waals surface area contributed by atoms with E-state index in [4.69, 9.17) is 6.42 Å². The zero-order chi connectivity index (χ0) is 8.10. The number of aryl methyl sites for hydroxylation is 1. The molecule has 0 unspecified atom stereocenters. The fourth-order valence-corrected chi connectivity index (χ4v) is 1.33. The zero-order valence-electron chi connectivity index (χ0n) is 6.18. The van der Waals surface area contributed by atoms with Crippen molar-refractivity contribution < 1.29 is 0 Å². The topological polar surface area (TPSA) is 0 Å². The third-order valence-corrected chi connectivity index (χ3v) is 1.90. The molecule has 1 rings (SSSR count). The summed E-state index contributed by atoms with van der Waals surface area (Å²) in [4.78, 5) is 0. The first-order chi connectivity index (χ1) is 5.36. The molecule has 0 saturated carbocycles. The standard InChI is InChI=1S/C10H9Br/c1-2-9-3-5-10(6-4-9)7-8-11/h1,3-6H,7-8H2. The minimum atomic E-state index is 0.948. The number of hydrogen-bond acceptors (Lipinski definition) is 0. The van der Waals surface area contributed by atoms with Crippen LogP contribution in [0.1, 0.15) is 11.1 Å². The van der Waals surface area contributed by atoms with Gasteiger partial charge in [0.2, 0.25) is 0 Å². The number of terminal acetylenes is 1. The average molecular weight is 209 g/mol. The molecule has 0 spiro atoms. The van der Waals surface area contributed by atoms with Gasteiger partial charge in [0.25, 0.3) is 0 Å². The van der Waals surface area contributed by atoms with Gasteiger partial charge >= 0.3 is 0 Å². The lowest BCUT2D eigenvalue weighted by Gasteiger charge is -1.96. The van der Waals surface area contributed by atoms with Crippen molar-refractivity contribution in [3.05, 3.63) is 35.4 Å². The normalized spacial score (nSPS) is 9.09. The molecule has 0 atom stereocenters. The number of rotatable bonds is 2. The van der Waals surface area contributed by atoms with Crippen LogP contribution in [0.15, 0.2) is 24.3 Å². The van der Waals surface area contributed by atoms with Crippen molar-refractivity contribution >= 4 is 15.9 Å². The molecule has 0 aliphatic rings. The molecule has 0 aliphatic heterocycles. The summed E-state index contributed by atoms with van der Waals surface area (Å²) in [6.07, 6.45) is 6.27. The number of halogens is 1. The summed E-state index contributed by atoms with van der Waals surface area (Å²) in [6, 6.07) is 8.07. The van der Waals surface area contributed by atoms with E-state index in [1.807, 2.05) is 12.1 Å². The van der Waals surface area contributed by atoms with Crippen LogP contribution in [0.5, 0.6) is 0 Å². The smallest absolute Gasteiger partial charge is 0.0242 e. The lowest BCUT2D eigenvalue weighted by molar-refractivity contribution is 1.17. The molecule has 0 radical (unpaired) electrons. The Balaban J connectivity index is 2.76. The molecule has 56 valence electrons. The molecular formula is C10H9Br. The zero-order valence-corrected chi connectivity index (χ0v) is 7.76. The van der Waals surface area contributed by atoms with Gasteiger partial charge in [-0.15, -0.1) is 6.42 Å². The Hall–Kier alpha value is -0.740. The van der Waals surface area contributed by atoms with Crippen LogP contribution in [-0.4, -0.2) is 5.33 Å². The highest BCUT2D eigenvalue weighted by atomic mass is 79.9. The number of alkyl halides is 1. The van der Waals surface area contributed by atoms with Crippen LogP contribution in [0.3, 0.4) is 0 Å². The van der Waals surface area contributed by atoms with Gasteiger partial charge in [-0.25, -0.2) is 0 Å². The summed E-state index contributed by atoms with van der Waals surface area (Å²) in [5.74, 6) is 2.58. The van der Waals surface area contributed by atoms with E-state index < -0.39 is 0 Å². The van der Waals surface area contributed by atoms with Crippen molar-refractivity contribution in [2.75, 3.05) is 5.33 Å². The highest BCUT2D eigenvalue weighted by Crippen LogP contribution is 2.04. The van der Waals surface area contributed by atoms with E-state index in [2.05, 4.69) is 34.0 Å². The van der Waals surface area contributed by atoms with Gasteiger partial charge in [0, 0.05) is 10.9 Å². The van der Waals surface area contributed by atoms with Gasteiger partial charge in [0.15, 0.2) is 0 Å². The van der Waals surface area contributed by atoms with Crippen LogP contribution in [0.25, 0.3) is 0 Å². The number of hydrogen-bond donors (Lipinski definition) is 0. The molecule has 0 N–H and O–H groups in total. The third-order valence-electron chi connectivity index (χ3n) is 1.50. The van der Waals surface area contributed by atoms with Gasteiger partial charge in [-0.05, 0) is 24.1 Å². The van der Waals surface area contributed by atoms with E-state index in [-0.39, 0.29) is 0 Å². The molecule has 0 heterocycles. The Morgan fingerprint density at radius 2 is 1.91 bits per heavy atom. The Morgan fingerprint density at radius 1 is 1.27 bits per heavy atom. The minimum Gasteiger partial charge on any atom is -0.115 e. The molecule has 0 aliphatic carbocycles. The third kappa shape index (κ3) is 2.40. The molecule has 0 aromatic heterocycles. The SMILES string of the molecule is C#Cc1ccc(CCBr)cc1. The van der Waals surface area contributed by atoms with E-state index in [0.717, 1.165) is 17.3 Å². The van der Waals surface area contributed by atoms with Crippen molar-refractivity contribution in [1.82, 2.24) is 0 Å². The second-order valence-electron chi connectivity index (χ2n) is 2.28. The highest BCUT2D eigenvalue weighted by Gasteiger charge is 1.90. The average Bonchev–Trinajstić information content (AvgIpc) is 2.07. The lowest BCUT2D eigenvalue weighted by atomic mass is 10.1. The number of benzene rings is 1. The van der Waals surface area contributed by atoms with Crippen LogP contribution in [0.4, 0.5) is 0 Å². The molecule has 1 heteroatoms. The first-order valence-corrected chi connectivity index (χ1v) is 4.60. The monoisotopic (exact) mass is 208 g/mol. The predicted octanol–water partition coefficient (Wildman–Crippen LogP) is 2.61. The lowest BCUT2D eigenvalue weighted by Crippen LogP contribution is -1.84. The van der Waals surface area contributed by atoms with Crippen molar-refractivity contribution in [1.29, 1.82) is 0 Å². The van der Waals surface area contributed by atoms with Crippen molar-refractivity contribution in [2.24, 2.45) is 0 Å². The molecule has 0 amide bonds. The van der Waals surface area contributed by atoms with Crippen LogP contribution < -0.4 is 0 Å². The maximum absolute atomic E-state index is 5.21. The second kappa shape index (κ2) is 4.20. The molecule has 1 aromatic rings. The predicted molar refractivity (Wildman–Crippen MR) is 51.9 cm³/mol. The summed E-state index contributed by atoms with van der Waals surface area (Å²) < 4.78 is 0.